The number of ketones is 1. The van der Waals surface area contributed by atoms with Crippen LogP contribution >= 0.6 is 0 Å². The second-order valence-corrected chi connectivity index (χ2v) is 3.89. The Labute approximate surface area is 106 Å². The van der Waals surface area contributed by atoms with Crippen LogP contribution in [0.3, 0.4) is 0 Å². The van der Waals surface area contributed by atoms with Crippen molar-refractivity contribution in [3.8, 4) is 11.5 Å². The maximum absolute atomic E-state index is 11.2. The van der Waals surface area contributed by atoms with Gasteiger partial charge in [-0.05, 0) is 12.1 Å². The summed E-state index contributed by atoms with van der Waals surface area (Å²) in [7, 11) is 1.62. The monoisotopic (exact) mass is 242 g/mol. The van der Waals surface area contributed by atoms with Crippen molar-refractivity contribution >= 4 is 16.6 Å². The maximum Gasteiger partial charge on any atom is 0.194 e. The molecular weight excluding hydrogens is 228 g/mol. The Morgan fingerprint density at radius 1 is 1.06 bits per heavy atom. The zero-order valence-corrected chi connectivity index (χ0v) is 10.4. The lowest BCUT2D eigenvalue weighted by atomic mass is 10.1. The average molecular weight is 242 g/mol. The fraction of sp³-hybridized carbons (Fsp3) is 0.133. The minimum absolute atomic E-state index is 0.130. The zero-order chi connectivity index (χ0) is 13.1. The van der Waals surface area contributed by atoms with Gasteiger partial charge in [-0.3, -0.25) is 4.79 Å². The van der Waals surface area contributed by atoms with Crippen LogP contribution in [-0.2, 0) is 4.79 Å². The highest BCUT2D eigenvalue weighted by atomic mass is 16.5. The first-order valence-corrected chi connectivity index (χ1v) is 5.57. The molecule has 0 fully saturated rings. The molecule has 0 aromatic heterocycles. The van der Waals surface area contributed by atoms with Crippen molar-refractivity contribution in [3.63, 3.8) is 0 Å². The van der Waals surface area contributed by atoms with Gasteiger partial charge in [0, 0.05) is 17.7 Å². The SMILES string of the molecule is C=C(Oc1ccc(OC)c2ccccc12)C(C)=O. The quantitative estimate of drug-likeness (QED) is 0.609. The van der Waals surface area contributed by atoms with Crippen molar-refractivity contribution in [1.82, 2.24) is 0 Å². The molecule has 3 nitrogen and oxygen atoms in total. The number of rotatable bonds is 4. The van der Waals surface area contributed by atoms with Crippen molar-refractivity contribution in [2.24, 2.45) is 0 Å². The second-order valence-electron chi connectivity index (χ2n) is 3.89. The molecule has 2 rings (SSSR count). The molecule has 3 heteroatoms. The predicted octanol–water partition coefficient (Wildman–Crippen LogP) is 3.33. The summed E-state index contributed by atoms with van der Waals surface area (Å²) >= 11 is 0. The van der Waals surface area contributed by atoms with E-state index >= 15 is 0 Å². The molecule has 0 spiro atoms. The van der Waals surface area contributed by atoms with Gasteiger partial charge in [0.2, 0.25) is 0 Å². The summed E-state index contributed by atoms with van der Waals surface area (Å²) in [5, 5.41) is 1.83. The molecule has 92 valence electrons. The van der Waals surface area contributed by atoms with E-state index in [0.717, 1.165) is 16.5 Å². The first kappa shape index (κ1) is 12.2. The molecular formula is C15H14O3. The fourth-order valence-electron chi connectivity index (χ4n) is 1.72. The number of hydrogen-bond acceptors (Lipinski definition) is 3. The maximum atomic E-state index is 11.2. The minimum Gasteiger partial charge on any atom is -0.496 e. The number of methoxy groups -OCH3 is 1. The van der Waals surface area contributed by atoms with Gasteiger partial charge in [-0.25, -0.2) is 0 Å². The number of ether oxygens (including phenoxy) is 2. The molecule has 0 unspecified atom stereocenters. The van der Waals surface area contributed by atoms with E-state index in [1.165, 1.54) is 6.92 Å². The van der Waals surface area contributed by atoms with Crippen LogP contribution in [0.1, 0.15) is 6.92 Å². The Bertz CT molecular complexity index is 614. The topological polar surface area (TPSA) is 35.5 Å². The van der Waals surface area contributed by atoms with E-state index in [0.29, 0.717) is 5.75 Å². The van der Waals surface area contributed by atoms with Crippen molar-refractivity contribution in [2.45, 2.75) is 6.92 Å². The van der Waals surface area contributed by atoms with Crippen molar-refractivity contribution < 1.29 is 14.3 Å². The molecule has 0 aliphatic heterocycles. The van der Waals surface area contributed by atoms with Crippen LogP contribution in [0, 0.1) is 0 Å². The third kappa shape index (κ3) is 2.20. The number of carbonyl (C=O) groups is 1. The Morgan fingerprint density at radius 2 is 1.61 bits per heavy atom. The molecule has 18 heavy (non-hydrogen) atoms. The lowest BCUT2D eigenvalue weighted by molar-refractivity contribution is -0.115. The Balaban J connectivity index is 2.53. The van der Waals surface area contributed by atoms with E-state index in [9.17, 15) is 4.79 Å². The molecule has 0 saturated heterocycles. The summed E-state index contributed by atoms with van der Waals surface area (Å²) < 4.78 is 10.8. The summed E-state index contributed by atoms with van der Waals surface area (Å²) in [6.07, 6.45) is 0. The van der Waals surface area contributed by atoms with E-state index in [4.69, 9.17) is 9.47 Å². The highest BCUT2D eigenvalue weighted by molar-refractivity contribution is 5.95. The van der Waals surface area contributed by atoms with Crippen molar-refractivity contribution in [3.05, 3.63) is 48.7 Å². The van der Waals surface area contributed by atoms with Gasteiger partial charge in [-0.2, -0.15) is 0 Å². The molecule has 0 heterocycles. The standard InChI is InChI=1S/C15H14O3/c1-10(16)11(2)18-15-9-8-14(17-3)12-6-4-5-7-13(12)15/h4-9H,2H2,1,3H3. The Hall–Kier alpha value is -2.29. The van der Waals surface area contributed by atoms with Gasteiger partial charge in [-0.15, -0.1) is 0 Å². The van der Waals surface area contributed by atoms with Gasteiger partial charge >= 0.3 is 0 Å². The summed E-state index contributed by atoms with van der Waals surface area (Å²) in [6, 6.07) is 11.3. The summed E-state index contributed by atoms with van der Waals surface area (Å²) in [5.41, 5.74) is 0. The Morgan fingerprint density at radius 3 is 2.17 bits per heavy atom. The largest absolute Gasteiger partial charge is 0.496 e. The van der Waals surface area contributed by atoms with Crippen molar-refractivity contribution in [2.75, 3.05) is 7.11 Å². The third-order valence-electron chi connectivity index (χ3n) is 2.69. The second kappa shape index (κ2) is 4.92. The first-order valence-electron chi connectivity index (χ1n) is 5.57. The van der Waals surface area contributed by atoms with Crippen LogP contribution in [-0.4, -0.2) is 12.9 Å². The van der Waals surface area contributed by atoms with E-state index in [-0.39, 0.29) is 11.5 Å². The number of benzene rings is 2. The van der Waals surface area contributed by atoms with E-state index in [1.807, 2.05) is 30.3 Å². The zero-order valence-electron chi connectivity index (χ0n) is 10.4. The number of hydrogen-bond donors (Lipinski definition) is 0. The lowest BCUT2D eigenvalue weighted by Crippen LogP contribution is -2.03. The van der Waals surface area contributed by atoms with Gasteiger partial charge in [0.25, 0.3) is 0 Å². The van der Waals surface area contributed by atoms with Gasteiger partial charge in [0.05, 0.1) is 7.11 Å². The molecule has 0 radical (unpaired) electrons. The smallest absolute Gasteiger partial charge is 0.194 e. The molecule has 2 aromatic carbocycles. The minimum atomic E-state index is -0.185. The number of fused-ring (bicyclic) bond motifs is 1. The van der Waals surface area contributed by atoms with Gasteiger partial charge in [-0.1, -0.05) is 30.8 Å². The molecule has 0 aliphatic rings. The molecule has 0 N–H and O–H groups in total. The summed E-state index contributed by atoms with van der Waals surface area (Å²) in [5.74, 6) is 1.32. The van der Waals surface area contributed by atoms with E-state index in [1.54, 1.807) is 13.2 Å². The molecule has 0 aliphatic carbocycles. The molecule has 0 amide bonds. The van der Waals surface area contributed by atoms with Crippen LogP contribution < -0.4 is 9.47 Å². The fourth-order valence-corrected chi connectivity index (χ4v) is 1.72. The van der Waals surface area contributed by atoms with Gasteiger partial charge in [0.15, 0.2) is 11.5 Å². The summed E-state index contributed by atoms with van der Waals surface area (Å²) in [4.78, 5) is 11.2. The van der Waals surface area contributed by atoms with Gasteiger partial charge < -0.3 is 9.47 Å². The lowest BCUT2D eigenvalue weighted by Gasteiger charge is -2.11. The molecule has 2 aromatic rings. The van der Waals surface area contributed by atoms with Gasteiger partial charge in [0.1, 0.15) is 11.5 Å². The normalized spacial score (nSPS) is 10.1. The van der Waals surface area contributed by atoms with Crippen LogP contribution in [0.5, 0.6) is 11.5 Å². The average Bonchev–Trinajstić information content (AvgIpc) is 2.39. The van der Waals surface area contributed by atoms with E-state index < -0.39 is 0 Å². The molecule has 0 atom stereocenters. The first-order chi connectivity index (χ1) is 8.63. The van der Waals surface area contributed by atoms with Crippen LogP contribution in [0.4, 0.5) is 0 Å². The summed E-state index contributed by atoms with van der Waals surface area (Å²) in [6.45, 7) is 5.02. The van der Waals surface area contributed by atoms with Crippen LogP contribution in [0.15, 0.2) is 48.7 Å². The highest BCUT2D eigenvalue weighted by Crippen LogP contribution is 2.33. The number of Topliss-reactive ketones (excluding diaryl/α,β-unsaturated/α-hetero) is 1. The number of allylic oxidation sites excluding steroid dienone is 1. The predicted molar refractivity (Wildman–Crippen MR) is 70.9 cm³/mol. The van der Waals surface area contributed by atoms with Crippen molar-refractivity contribution in [1.29, 1.82) is 0 Å². The molecule has 0 saturated carbocycles. The molecule has 0 bridgehead atoms. The highest BCUT2D eigenvalue weighted by Gasteiger charge is 2.09. The Kier molecular flexibility index (Phi) is 3.33. The van der Waals surface area contributed by atoms with E-state index in [2.05, 4.69) is 6.58 Å². The third-order valence-corrected chi connectivity index (χ3v) is 2.69. The number of carbonyl (C=O) groups excluding carboxylic acids is 1. The van der Waals surface area contributed by atoms with Crippen LogP contribution in [0.25, 0.3) is 10.8 Å². The van der Waals surface area contributed by atoms with Crippen LogP contribution in [0.2, 0.25) is 0 Å².